The Labute approximate surface area is 149 Å². The normalized spacial score (nSPS) is 23.6. The number of hydrogen-bond donors (Lipinski definition) is 1. The lowest BCUT2D eigenvalue weighted by Gasteiger charge is -2.44. The van der Waals surface area contributed by atoms with Gasteiger partial charge in [-0.05, 0) is 34.6 Å². The molecular weight excluding hydrogens is 376 g/mol. The standard InChI is InChI=1S/C17H21BrN2O4/c1-2-19-9-7-17(8-10-19)20(14(11-24-17)16(22)23)15(21)12-5-3-4-6-13(12)18/h3-6,14H,2,7-11H2,1H3,(H,22,23)/t14-/m0/s1. The van der Waals surface area contributed by atoms with E-state index in [9.17, 15) is 14.7 Å². The molecule has 2 fully saturated rings. The average Bonchev–Trinajstić information content (AvgIpc) is 2.94. The molecule has 2 heterocycles. The van der Waals surface area contributed by atoms with Gasteiger partial charge in [0.2, 0.25) is 0 Å². The second kappa shape index (κ2) is 6.82. The van der Waals surface area contributed by atoms with Gasteiger partial charge in [0.05, 0.1) is 12.2 Å². The van der Waals surface area contributed by atoms with E-state index in [1.807, 2.05) is 6.07 Å². The molecule has 130 valence electrons. The summed E-state index contributed by atoms with van der Waals surface area (Å²) < 4.78 is 6.59. The number of ether oxygens (including phenoxy) is 1. The van der Waals surface area contributed by atoms with Crippen LogP contribution in [0.2, 0.25) is 0 Å². The van der Waals surface area contributed by atoms with E-state index in [4.69, 9.17) is 4.74 Å². The molecule has 0 unspecified atom stereocenters. The van der Waals surface area contributed by atoms with Crippen molar-refractivity contribution in [2.45, 2.75) is 31.5 Å². The smallest absolute Gasteiger partial charge is 0.328 e. The Morgan fingerprint density at radius 2 is 2.00 bits per heavy atom. The third kappa shape index (κ3) is 2.96. The zero-order valence-corrected chi connectivity index (χ0v) is 15.2. The number of rotatable bonds is 3. The Morgan fingerprint density at radius 1 is 1.33 bits per heavy atom. The van der Waals surface area contributed by atoms with Gasteiger partial charge in [-0.2, -0.15) is 0 Å². The Balaban J connectivity index is 1.94. The summed E-state index contributed by atoms with van der Waals surface area (Å²) in [6, 6.07) is 6.14. The minimum absolute atomic E-state index is 0.0393. The van der Waals surface area contributed by atoms with Gasteiger partial charge in [-0.1, -0.05) is 19.1 Å². The molecule has 0 aliphatic carbocycles. The van der Waals surface area contributed by atoms with Crippen molar-refractivity contribution in [1.29, 1.82) is 0 Å². The predicted molar refractivity (Wildman–Crippen MR) is 91.8 cm³/mol. The van der Waals surface area contributed by atoms with Gasteiger partial charge >= 0.3 is 5.97 Å². The number of nitrogens with zero attached hydrogens (tertiary/aromatic N) is 2. The van der Waals surface area contributed by atoms with Crippen LogP contribution < -0.4 is 0 Å². The minimum atomic E-state index is -1.02. The number of halogens is 1. The van der Waals surface area contributed by atoms with Gasteiger partial charge in [0.15, 0.2) is 6.04 Å². The summed E-state index contributed by atoms with van der Waals surface area (Å²) in [7, 11) is 0. The van der Waals surface area contributed by atoms with Crippen LogP contribution in [-0.4, -0.2) is 64.8 Å². The van der Waals surface area contributed by atoms with Crippen LogP contribution in [0.3, 0.4) is 0 Å². The van der Waals surface area contributed by atoms with Crippen LogP contribution >= 0.6 is 15.9 Å². The van der Waals surface area contributed by atoms with Crippen LogP contribution in [0, 0.1) is 0 Å². The van der Waals surface area contributed by atoms with E-state index >= 15 is 0 Å². The van der Waals surface area contributed by atoms with Crippen LogP contribution in [0.4, 0.5) is 0 Å². The van der Waals surface area contributed by atoms with Gasteiger partial charge in [0, 0.05) is 30.4 Å². The van der Waals surface area contributed by atoms with Crippen LogP contribution in [-0.2, 0) is 9.53 Å². The zero-order chi connectivity index (χ0) is 17.3. The van der Waals surface area contributed by atoms with E-state index < -0.39 is 17.7 Å². The second-order valence-corrected chi connectivity index (χ2v) is 7.05. The van der Waals surface area contributed by atoms with E-state index in [0.717, 1.165) is 19.6 Å². The lowest BCUT2D eigenvalue weighted by atomic mass is 9.97. The number of amides is 1. The molecule has 2 saturated heterocycles. The molecule has 7 heteroatoms. The average molecular weight is 397 g/mol. The fourth-order valence-corrected chi connectivity index (χ4v) is 3.99. The van der Waals surface area contributed by atoms with Gasteiger partial charge in [-0.25, -0.2) is 4.79 Å². The first kappa shape index (κ1) is 17.4. The number of carbonyl (C=O) groups is 2. The number of carboxylic acids is 1. The summed E-state index contributed by atoms with van der Waals surface area (Å²) >= 11 is 3.39. The number of likely N-dealkylation sites (tertiary alicyclic amines) is 1. The van der Waals surface area contributed by atoms with Crippen molar-refractivity contribution < 1.29 is 19.4 Å². The quantitative estimate of drug-likeness (QED) is 0.847. The van der Waals surface area contributed by atoms with Gasteiger partial charge in [-0.3, -0.25) is 9.69 Å². The molecular formula is C17H21BrN2O4. The summed E-state index contributed by atoms with van der Waals surface area (Å²) in [4.78, 5) is 28.6. The molecule has 2 aliphatic rings. The van der Waals surface area contributed by atoms with Gasteiger partial charge in [-0.15, -0.1) is 0 Å². The fraction of sp³-hybridized carbons (Fsp3) is 0.529. The highest BCUT2D eigenvalue weighted by Crippen LogP contribution is 2.39. The third-order valence-corrected chi connectivity index (χ3v) is 5.64. The Bertz CT molecular complexity index is 643. The maximum absolute atomic E-state index is 13.1. The summed E-state index contributed by atoms with van der Waals surface area (Å²) in [5, 5.41) is 9.56. The number of aliphatic carboxylic acids is 1. The van der Waals surface area contributed by atoms with Crippen LogP contribution in [0.1, 0.15) is 30.1 Å². The molecule has 6 nitrogen and oxygen atoms in total. The highest BCUT2D eigenvalue weighted by Gasteiger charge is 2.54. The van der Waals surface area contributed by atoms with E-state index in [1.54, 1.807) is 18.2 Å². The number of carboxylic acid groups (broad SMARTS) is 1. The van der Waals surface area contributed by atoms with Crippen LogP contribution in [0.15, 0.2) is 28.7 Å². The van der Waals surface area contributed by atoms with Crippen molar-refractivity contribution in [3.63, 3.8) is 0 Å². The molecule has 24 heavy (non-hydrogen) atoms. The number of hydrogen-bond acceptors (Lipinski definition) is 4. The van der Waals surface area contributed by atoms with Crippen molar-refractivity contribution in [3.05, 3.63) is 34.3 Å². The van der Waals surface area contributed by atoms with Gasteiger partial charge in [0.1, 0.15) is 5.72 Å². The van der Waals surface area contributed by atoms with E-state index in [2.05, 4.69) is 27.8 Å². The molecule has 0 radical (unpaired) electrons. The first-order valence-corrected chi connectivity index (χ1v) is 8.95. The highest BCUT2D eigenvalue weighted by atomic mass is 79.9. The largest absolute Gasteiger partial charge is 0.480 e. The summed E-state index contributed by atoms with van der Waals surface area (Å²) in [6.07, 6.45) is 1.25. The lowest BCUT2D eigenvalue weighted by molar-refractivity contribution is -0.143. The van der Waals surface area contributed by atoms with Crippen LogP contribution in [0.5, 0.6) is 0 Å². The van der Waals surface area contributed by atoms with E-state index in [1.165, 1.54) is 4.90 Å². The highest BCUT2D eigenvalue weighted by molar-refractivity contribution is 9.10. The number of carbonyl (C=O) groups excluding carboxylic acids is 1. The Kier molecular flexibility index (Phi) is 4.94. The molecule has 3 rings (SSSR count). The SMILES string of the molecule is CCN1CCC2(CC1)OC[C@@H](C(=O)O)N2C(=O)c1ccccc1Br. The number of piperidine rings is 1. The van der Waals surface area contributed by atoms with Gasteiger partial charge < -0.3 is 14.7 Å². The molecule has 0 bridgehead atoms. The molecule has 1 amide bonds. The maximum Gasteiger partial charge on any atom is 0.328 e. The van der Waals surface area contributed by atoms with Crippen molar-refractivity contribution in [2.75, 3.05) is 26.2 Å². The van der Waals surface area contributed by atoms with Crippen molar-refractivity contribution >= 4 is 27.8 Å². The molecule has 2 aliphatic heterocycles. The van der Waals surface area contributed by atoms with Gasteiger partial charge in [0.25, 0.3) is 5.91 Å². The number of benzene rings is 1. The molecule has 1 atom stereocenters. The summed E-state index contributed by atoms with van der Waals surface area (Å²) in [6.45, 7) is 4.66. The van der Waals surface area contributed by atoms with Crippen LogP contribution in [0.25, 0.3) is 0 Å². The third-order valence-electron chi connectivity index (χ3n) is 4.95. The van der Waals surface area contributed by atoms with E-state index in [0.29, 0.717) is 22.9 Å². The van der Waals surface area contributed by atoms with Crippen molar-refractivity contribution in [3.8, 4) is 0 Å². The Hall–Kier alpha value is -1.44. The molecule has 1 aromatic carbocycles. The maximum atomic E-state index is 13.1. The van der Waals surface area contributed by atoms with Crippen molar-refractivity contribution in [2.24, 2.45) is 0 Å². The topological polar surface area (TPSA) is 70.1 Å². The molecule has 1 spiro atoms. The summed E-state index contributed by atoms with van der Waals surface area (Å²) in [5.41, 5.74) is -0.354. The zero-order valence-electron chi connectivity index (χ0n) is 13.6. The Morgan fingerprint density at radius 3 is 2.58 bits per heavy atom. The van der Waals surface area contributed by atoms with E-state index in [-0.39, 0.29) is 12.5 Å². The molecule has 1 aromatic rings. The first-order chi connectivity index (χ1) is 11.5. The van der Waals surface area contributed by atoms with Crippen molar-refractivity contribution in [1.82, 2.24) is 9.80 Å². The fourth-order valence-electron chi connectivity index (χ4n) is 3.54. The predicted octanol–water partition coefficient (Wildman–Crippen LogP) is 2.19. The minimum Gasteiger partial charge on any atom is -0.480 e. The lowest BCUT2D eigenvalue weighted by Crippen LogP contribution is -2.58. The molecule has 0 saturated carbocycles. The molecule has 1 N–H and O–H groups in total. The molecule has 0 aromatic heterocycles. The monoisotopic (exact) mass is 396 g/mol. The second-order valence-electron chi connectivity index (χ2n) is 6.20. The summed E-state index contributed by atoms with van der Waals surface area (Å²) in [5.74, 6) is -1.32. The first-order valence-electron chi connectivity index (χ1n) is 8.16.